The van der Waals surface area contributed by atoms with Crippen LogP contribution < -0.4 is 5.32 Å². The second-order valence-corrected chi connectivity index (χ2v) is 7.87. The van der Waals surface area contributed by atoms with Gasteiger partial charge in [0, 0.05) is 4.88 Å². The summed E-state index contributed by atoms with van der Waals surface area (Å²) in [6.45, 7) is 0. The van der Waals surface area contributed by atoms with E-state index in [1.54, 1.807) is 18.2 Å². The summed E-state index contributed by atoms with van der Waals surface area (Å²) in [6.07, 6.45) is 1.69. The highest BCUT2D eigenvalue weighted by Gasteiger charge is 2.25. The minimum Gasteiger partial charge on any atom is -0.337 e. The zero-order valence-corrected chi connectivity index (χ0v) is 14.9. The van der Waals surface area contributed by atoms with Crippen LogP contribution in [0, 0.1) is 0 Å². The lowest BCUT2D eigenvalue weighted by Gasteiger charge is -1.93. The van der Waals surface area contributed by atoms with Crippen LogP contribution >= 0.6 is 46.3 Å². The van der Waals surface area contributed by atoms with Crippen molar-refractivity contribution in [2.45, 2.75) is 0 Å². The van der Waals surface area contributed by atoms with Crippen LogP contribution in [-0.4, -0.2) is 21.1 Å². The molecule has 0 aliphatic carbocycles. The largest absolute Gasteiger partial charge is 0.337 e. The van der Waals surface area contributed by atoms with E-state index in [0.717, 1.165) is 32.5 Å². The van der Waals surface area contributed by atoms with Gasteiger partial charge >= 0.3 is 0 Å². The normalized spacial score (nSPS) is 16.3. The summed E-state index contributed by atoms with van der Waals surface area (Å²) in [7, 11) is 0. The first kappa shape index (κ1) is 15.7. The highest BCUT2D eigenvalue weighted by molar-refractivity contribution is 8.18. The molecule has 0 unspecified atom stereocenters. The Kier molecular flexibility index (Phi) is 3.88. The molecule has 1 aliphatic rings. The number of imidazole rings is 1. The third kappa shape index (κ3) is 2.84. The predicted molar refractivity (Wildman–Crippen MR) is 98.5 cm³/mol. The van der Waals surface area contributed by atoms with E-state index >= 15 is 0 Å². The molecule has 0 saturated carbocycles. The SMILES string of the molecule is O=C1NC(=O)/C(=C\c2ccc(-c3nc4cc(Cl)c(Cl)cc4[nH]3)s2)S1. The summed E-state index contributed by atoms with van der Waals surface area (Å²) < 4.78 is 0. The van der Waals surface area contributed by atoms with Crippen LogP contribution in [0.4, 0.5) is 4.79 Å². The minimum atomic E-state index is -0.368. The second kappa shape index (κ2) is 5.93. The van der Waals surface area contributed by atoms with Crippen molar-refractivity contribution in [1.29, 1.82) is 0 Å². The maximum absolute atomic E-state index is 11.6. The molecule has 1 aliphatic heterocycles. The number of rotatable bonds is 2. The molecule has 3 aromatic rings. The second-order valence-electron chi connectivity index (χ2n) is 4.92. The Bertz CT molecular complexity index is 1000. The van der Waals surface area contributed by atoms with E-state index < -0.39 is 0 Å². The van der Waals surface area contributed by atoms with Gasteiger partial charge in [-0.1, -0.05) is 23.2 Å². The number of fused-ring (bicyclic) bond motifs is 1. The van der Waals surface area contributed by atoms with Gasteiger partial charge in [0.15, 0.2) is 0 Å². The molecule has 2 N–H and O–H groups in total. The summed E-state index contributed by atoms with van der Waals surface area (Å²) in [6, 6.07) is 7.21. The summed E-state index contributed by atoms with van der Waals surface area (Å²) in [4.78, 5) is 32.6. The zero-order valence-electron chi connectivity index (χ0n) is 11.7. The molecule has 2 amide bonds. The molecule has 3 heterocycles. The molecule has 1 aromatic carbocycles. The Morgan fingerprint density at radius 1 is 1.12 bits per heavy atom. The number of aromatic nitrogens is 2. The quantitative estimate of drug-likeness (QED) is 0.603. The van der Waals surface area contributed by atoms with Crippen molar-refractivity contribution in [3.63, 3.8) is 0 Å². The van der Waals surface area contributed by atoms with E-state index in [2.05, 4.69) is 15.3 Å². The molecule has 4 rings (SSSR count). The minimum absolute atomic E-state index is 0.353. The van der Waals surface area contributed by atoms with E-state index in [1.165, 1.54) is 11.3 Å². The lowest BCUT2D eigenvalue weighted by atomic mass is 10.3. The molecule has 24 heavy (non-hydrogen) atoms. The third-order valence-corrected chi connectivity index (χ3v) is 5.87. The molecule has 1 saturated heterocycles. The van der Waals surface area contributed by atoms with Crippen molar-refractivity contribution >= 4 is 74.6 Å². The van der Waals surface area contributed by atoms with Crippen molar-refractivity contribution in [1.82, 2.24) is 15.3 Å². The van der Waals surface area contributed by atoms with Crippen LogP contribution in [0.3, 0.4) is 0 Å². The number of hydrogen-bond donors (Lipinski definition) is 2. The number of thiophene rings is 1. The van der Waals surface area contributed by atoms with Crippen molar-refractivity contribution in [3.8, 4) is 10.7 Å². The van der Waals surface area contributed by atoms with Crippen LogP contribution in [0.2, 0.25) is 10.0 Å². The average molecular weight is 396 g/mol. The number of carbonyl (C=O) groups excluding carboxylic acids is 2. The van der Waals surface area contributed by atoms with Gasteiger partial charge in [0.25, 0.3) is 11.1 Å². The molecule has 0 atom stereocenters. The molecule has 0 radical (unpaired) electrons. The molecule has 0 bridgehead atoms. The Balaban J connectivity index is 1.69. The first-order chi connectivity index (χ1) is 11.5. The van der Waals surface area contributed by atoms with Crippen LogP contribution in [0.5, 0.6) is 0 Å². The Labute approximate surface area is 154 Å². The Morgan fingerprint density at radius 2 is 1.92 bits per heavy atom. The van der Waals surface area contributed by atoms with Crippen LogP contribution in [-0.2, 0) is 4.79 Å². The van der Waals surface area contributed by atoms with Gasteiger partial charge in [-0.25, -0.2) is 4.98 Å². The van der Waals surface area contributed by atoms with Crippen LogP contribution in [0.1, 0.15) is 4.88 Å². The number of carbonyl (C=O) groups is 2. The standard InChI is InChI=1S/C15H7Cl2N3O2S2/c16-7-4-9-10(5-8(7)17)19-13(18-9)11-2-1-6(23-11)3-12-14(21)20-15(22)24-12/h1-5H,(H,18,19)(H,20,21,22)/b12-3+. The highest BCUT2D eigenvalue weighted by atomic mass is 35.5. The van der Waals surface area contributed by atoms with Crippen LogP contribution in [0.25, 0.3) is 27.8 Å². The fourth-order valence-corrected chi connectivity index (χ4v) is 4.20. The fourth-order valence-electron chi connectivity index (χ4n) is 2.23. The van der Waals surface area contributed by atoms with Crippen molar-refractivity contribution in [2.24, 2.45) is 0 Å². The summed E-state index contributed by atoms with van der Waals surface area (Å²) in [5.74, 6) is 0.325. The van der Waals surface area contributed by atoms with E-state index in [-0.39, 0.29) is 11.1 Å². The average Bonchev–Trinajstić information content (AvgIpc) is 3.20. The van der Waals surface area contributed by atoms with Gasteiger partial charge in [0.1, 0.15) is 5.82 Å². The number of halogens is 2. The smallest absolute Gasteiger partial charge is 0.290 e. The maximum Gasteiger partial charge on any atom is 0.290 e. The van der Waals surface area contributed by atoms with E-state index in [9.17, 15) is 9.59 Å². The molecular weight excluding hydrogens is 389 g/mol. The van der Waals surface area contributed by atoms with Crippen molar-refractivity contribution in [2.75, 3.05) is 0 Å². The molecule has 2 aromatic heterocycles. The number of imide groups is 1. The van der Waals surface area contributed by atoms with Crippen LogP contribution in [0.15, 0.2) is 29.2 Å². The number of nitrogens with one attached hydrogen (secondary N) is 2. The maximum atomic E-state index is 11.6. The topological polar surface area (TPSA) is 74.8 Å². The molecule has 9 heteroatoms. The van der Waals surface area contributed by atoms with Crippen molar-refractivity contribution in [3.05, 3.63) is 44.1 Å². The lowest BCUT2D eigenvalue weighted by Crippen LogP contribution is -2.17. The van der Waals surface area contributed by atoms with Gasteiger partial charge in [-0.05, 0) is 42.1 Å². The zero-order chi connectivity index (χ0) is 16.8. The van der Waals surface area contributed by atoms with Gasteiger partial charge in [0.2, 0.25) is 0 Å². The Morgan fingerprint density at radius 3 is 2.67 bits per heavy atom. The monoisotopic (exact) mass is 395 g/mol. The van der Waals surface area contributed by atoms with Crippen molar-refractivity contribution < 1.29 is 9.59 Å². The number of thioether (sulfide) groups is 1. The van der Waals surface area contributed by atoms with E-state index in [1.807, 2.05) is 12.1 Å². The fraction of sp³-hybridized carbons (Fsp3) is 0. The number of benzene rings is 1. The van der Waals surface area contributed by atoms with E-state index in [4.69, 9.17) is 23.2 Å². The first-order valence-corrected chi connectivity index (χ1v) is 9.08. The molecule has 0 spiro atoms. The van der Waals surface area contributed by atoms with Gasteiger partial charge in [-0.15, -0.1) is 11.3 Å². The Hall–Kier alpha value is -1.80. The molecule has 1 fully saturated rings. The van der Waals surface area contributed by atoms with Gasteiger partial charge in [0.05, 0.1) is 30.9 Å². The van der Waals surface area contributed by atoms with Gasteiger partial charge < -0.3 is 4.98 Å². The van der Waals surface area contributed by atoms with Gasteiger partial charge in [-0.2, -0.15) is 0 Å². The predicted octanol–water partition coefficient (Wildman–Crippen LogP) is 4.92. The summed E-state index contributed by atoms with van der Waals surface area (Å²) >= 11 is 14.4. The van der Waals surface area contributed by atoms with E-state index in [0.29, 0.717) is 20.8 Å². The number of hydrogen-bond acceptors (Lipinski definition) is 5. The number of H-pyrrole nitrogens is 1. The molecular formula is C15H7Cl2N3O2S2. The number of aromatic amines is 1. The lowest BCUT2D eigenvalue weighted by molar-refractivity contribution is -0.115. The molecule has 5 nitrogen and oxygen atoms in total. The number of nitrogens with zero attached hydrogens (tertiary/aromatic N) is 1. The third-order valence-electron chi connectivity index (χ3n) is 3.30. The first-order valence-electron chi connectivity index (χ1n) is 6.69. The summed E-state index contributed by atoms with van der Waals surface area (Å²) in [5, 5.41) is 2.79. The summed E-state index contributed by atoms with van der Waals surface area (Å²) in [5.41, 5.74) is 1.52. The molecule has 120 valence electrons. The number of amides is 2. The van der Waals surface area contributed by atoms with Gasteiger partial charge in [-0.3, -0.25) is 14.9 Å². The highest BCUT2D eigenvalue weighted by Crippen LogP contribution is 2.33.